The molecule has 2 aromatic carbocycles. The Bertz CT molecular complexity index is 926. The molecule has 1 aromatic heterocycles. The smallest absolute Gasteiger partial charge is 0.360 e. The van der Waals surface area contributed by atoms with Crippen LogP contribution >= 0.6 is 23.2 Å². The molecule has 0 saturated heterocycles. The van der Waals surface area contributed by atoms with Crippen molar-refractivity contribution in [3.8, 4) is 17.2 Å². The molecule has 0 aliphatic heterocycles. The van der Waals surface area contributed by atoms with Gasteiger partial charge in [-0.25, -0.2) is 9.78 Å². The van der Waals surface area contributed by atoms with Gasteiger partial charge < -0.3 is 14.6 Å². The molecule has 0 atom stereocenters. The van der Waals surface area contributed by atoms with Gasteiger partial charge >= 0.3 is 5.97 Å². The highest BCUT2D eigenvalue weighted by Crippen LogP contribution is 2.35. The first-order chi connectivity index (χ1) is 11.5. The fourth-order valence-electron chi connectivity index (χ4n) is 2.18. The summed E-state index contributed by atoms with van der Waals surface area (Å²) >= 11 is 12.0. The van der Waals surface area contributed by atoms with Crippen LogP contribution in [0.1, 0.15) is 10.5 Å². The summed E-state index contributed by atoms with van der Waals surface area (Å²) in [6, 6.07) is 11.7. The van der Waals surface area contributed by atoms with E-state index in [0.29, 0.717) is 27.3 Å². The number of methoxy groups -OCH3 is 1. The van der Waals surface area contributed by atoms with E-state index in [2.05, 4.69) is 9.72 Å². The van der Waals surface area contributed by atoms with E-state index < -0.39 is 5.97 Å². The molecule has 5 nitrogen and oxygen atoms in total. The Kier molecular flexibility index (Phi) is 4.46. The second kappa shape index (κ2) is 6.55. The van der Waals surface area contributed by atoms with E-state index in [1.54, 1.807) is 42.5 Å². The zero-order valence-corrected chi connectivity index (χ0v) is 13.9. The van der Waals surface area contributed by atoms with Gasteiger partial charge in [0.25, 0.3) is 0 Å². The number of nitrogens with zero attached hydrogens (tertiary/aromatic N) is 1. The Morgan fingerprint density at radius 1 is 1.04 bits per heavy atom. The lowest BCUT2D eigenvalue weighted by molar-refractivity contribution is 0.0591. The fourth-order valence-corrected chi connectivity index (χ4v) is 2.55. The van der Waals surface area contributed by atoms with Crippen LogP contribution < -0.4 is 4.74 Å². The van der Waals surface area contributed by atoms with Crippen molar-refractivity contribution >= 4 is 39.9 Å². The molecular weight excluding hydrogens is 353 g/mol. The molecule has 0 aliphatic carbocycles. The van der Waals surface area contributed by atoms with Gasteiger partial charge in [0.2, 0.25) is 0 Å². The summed E-state index contributed by atoms with van der Waals surface area (Å²) in [6.07, 6.45) is 0. The summed E-state index contributed by atoms with van der Waals surface area (Å²) in [6.45, 7) is 0. The van der Waals surface area contributed by atoms with Crippen molar-refractivity contribution in [2.45, 2.75) is 0 Å². The SMILES string of the molecule is COC(=O)c1nc(Cl)c2cc(Oc3ccc(Cl)cc3)ccc2c1O. The molecule has 0 aliphatic rings. The number of hydrogen-bond acceptors (Lipinski definition) is 5. The quantitative estimate of drug-likeness (QED) is 0.533. The maximum atomic E-state index is 11.6. The van der Waals surface area contributed by atoms with Crippen molar-refractivity contribution in [3.05, 3.63) is 58.3 Å². The standard InChI is InChI=1S/C17H11Cl2NO4/c1-23-17(22)14-15(21)12-7-6-11(8-13(12)16(19)20-14)24-10-4-2-9(18)3-5-10/h2-8,21H,1H3. The first-order valence-corrected chi connectivity index (χ1v) is 7.59. The molecule has 1 heterocycles. The third-order valence-electron chi connectivity index (χ3n) is 3.33. The van der Waals surface area contributed by atoms with Crippen LogP contribution in [-0.2, 0) is 4.74 Å². The number of aromatic hydroxyl groups is 1. The molecule has 0 unspecified atom stereocenters. The van der Waals surface area contributed by atoms with Crippen LogP contribution in [0.2, 0.25) is 10.2 Å². The van der Waals surface area contributed by atoms with Crippen LogP contribution in [0, 0.1) is 0 Å². The number of rotatable bonds is 3. The molecule has 7 heteroatoms. The second-order valence-corrected chi connectivity index (χ2v) is 5.65. The van der Waals surface area contributed by atoms with Crippen LogP contribution in [0.15, 0.2) is 42.5 Å². The number of fused-ring (bicyclic) bond motifs is 1. The molecule has 1 N–H and O–H groups in total. The largest absolute Gasteiger partial charge is 0.505 e. The Balaban J connectivity index is 2.04. The highest BCUT2D eigenvalue weighted by Gasteiger charge is 2.19. The summed E-state index contributed by atoms with van der Waals surface area (Å²) in [5.74, 6) is 0.0362. The minimum atomic E-state index is -0.766. The van der Waals surface area contributed by atoms with Crippen LogP contribution in [0.25, 0.3) is 10.8 Å². The van der Waals surface area contributed by atoms with Gasteiger partial charge in [0.05, 0.1) is 7.11 Å². The summed E-state index contributed by atoms with van der Waals surface area (Å²) < 4.78 is 10.3. The number of esters is 1. The number of benzene rings is 2. The molecule has 0 radical (unpaired) electrons. The Morgan fingerprint density at radius 2 is 1.71 bits per heavy atom. The monoisotopic (exact) mass is 363 g/mol. The lowest BCUT2D eigenvalue weighted by Gasteiger charge is -2.10. The second-order valence-electron chi connectivity index (χ2n) is 4.85. The summed E-state index contributed by atoms with van der Waals surface area (Å²) in [4.78, 5) is 15.5. The average Bonchev–Trinajstić information content (AvgIpc) is 2.59. The van der Waals surface area contributed by atoms with Crippen LogP contribution in [-0.4, -0.2) is 23.2 Å². The van der Waals surface area contributed by atoms with Gasteiger partial charge in [-0.1, -0.05) is 23.2 Å². The first kappa shape index (κ1) is 16.4. The van der Waals surface area contributed by atoms with Crippen molar-refractivity contribution in [1.29, 1.82) is 0 Å². The molecule has 0 fully saturated rings. The minimum Gasteiger partial charge on any atom is -0.505 e. The van der Waals surface area contributed by atoms with Gasteiger partial charge in [-0.05, 0) is 42.5 Å². The molecule has 24 heavy (non-hydrogen) atoms. The van der Waals surface area contributed by atoms with Crippen molar-refractivity contribution < 1.29 is 19.4 Å². The van der Waals surface area contributed by atoms with Crippen molar-refractivity contribution in [2.75, 3.05) is 7.11 Å². The molecule has 0 amide bonds. The number of halogens is 2. The van der Waals surface area contributed by atoms with Gasteiger partial charge in [0.15, 0.2) is 11.4 Å². The van der Waals surface area contributed by atoms with Crippen LogP contribution in [0.4, 0.5) is 0 Å². The van der Waals surface area contributed by atoms with E-state index >= 15 is 0 Å². The third-order valence-corrected chi connectivity index (χ3v) is 3.87. The fraction of sp³-hybridized carbons (Fsp3) is 0.0588. The third kappa shape index (κ3) is 3.09. The average molecular weight is 364 g/mol. The zero-order valence-electron chi connectivity index (χ0n) is 12.4. The van der Waals surface area contributed by atoms with Crippen molar-refractivity contribution in [2.24, 2.45) is 0 Å². The number of carbonyl (C=O) groups is 1. The minimum absolute atomic E-state index is 0.0600. The Labute approximate surface area is 147 Å². The highest BCUT2D eigenvalue weighted by molar-refractivity contribution is 6.35. The van der Waals surface area contributed by atoms with Crippen LogP contribution in [0.5, 0.6) is 17.2 Å². The highest BCUT2D eigenvalue weighted by atomic mass is 35.5. The maximum Gasteiger partial charge on any atom is 0.360 e. The van der Waals surface area contributed by atoms with Gasteiger partial charge in [-0.2, -0.15) is 0 Å². The number of carbonyl (C=O) groups excluding carboxylic acids is 1. The molecular formula is C17H11Cl2NO4. The number of aromatic nitrogens is 1. The van der Waals surface area contributed by atoms with Gasteiger partial charge in [0.1, 0.15) is 16.7 Å². The molecule has 0 bridgehead atoms. The normalized spacial score (nSPS) is 10.6. The molecule has 0 saturated carbocycles. The Hall–Kier alpha value is -2.50. The van der Waals surface area contributed by atoms with Crippen LogP contribution in [0.3, 0.4) is 0 Å². The zero-order chi connectivity index (χ0) is 17.3. The summed E-state index contributed by atoms with van der Waals surface area (Å²) in [5.41, 5.74) is -0.235. The van der Waals surface area contributed by atoms with E-state index in [1.807, 2.05) is 0 Å². The topological polar surface area (TPSA) is 68.7 Å². The predicted octanol–water partition coefficient (Wildman–Crippen LogP) is 4.83. The molecule has 3 rings (SSSR count). The predicted molar refractivity (Wildman–Crippen MR) is 91.3 cm³/mol. The van der Waals surface area contributed by atoms with Gasteiger partial charge in [-0.3, -0.25) is 0 Å². The lowest BCUT2D eigenvalue weighted by Crippen LogP contribution is -2.05. The lowest BCUT2D eigenvalue weighted by atomic mass is 10.1. The van der Waals surface area contributed by atoms with E-state index in [-0.39, 0.29) is 16.6 Å². The number of hydrogen-bond donors (Lipinski definition) is 1. The first-order valence-electron chi connectivity index (χ1n) is 6.83. The maximum absolute atomic E-state index is 11.6. The summed E-state index contributed by atoms with van der Waals surface area (Å²) in [7, 11) is 1.20. The van der Waals surface area contributed by atoms with Crippen molar-refractivity contribution in [3.63, 3.8) is 0 Å². The van der Waals surface area contributed by atoms with Gasteiger partial charge in [0, 0.05) is 15.8 Å². The van der Waals surface area contributed by atoms with E-state index in [1.165, 1.54) is 7.11 Å². The van der Waals surface area contributed by atoms with E-state index in [9.17, 15) is 9.90 Å². The molecule has 3 aromatic rings. The van der Waals surface area contributed by atoms with E-state index in [0.717, 1.165) is 0 Å². The van der Waals surface area contributed by atoms with E-state index in [4.69, 9.17) is 27.9 Å². The van der Waals surface area contributed by atoms with Gasteiger partial charge in [-0.15, -0.1) is 0 Å². The molecule has 0 spiro atoms. The van der Waals surface area contributed by atoms with Crippen molar-refractivity contribution in [1.82, 2.24) is 4.98 Å². The summed E-state index contributed by atoms with van der Waals surface area (Å²) in [5, 5.41) is 11.7. The number of ether oxygens (including phenoxy) is 2. The molecule has 122 valence electrons. The Morgan fingerprint density at radius 3 is 2.38 bits per heavy atom. The number of pyridine rings is 1.